The van der Waals surface area contributed by atoms with Gasteiger partial charge in [0.1, 0.15) is 0 Å². The van der Waals surface area contributed by atoms with Gasteiger partial charge in [0.25, 0.3) is 0 Å². The van der Waals surface area contributed by atoms with E-state index in [0.29, 0.717) is 5.92 Å². The lowest BCUT2D eigenvalue weighted by molar-refractivity contribution is 0.0855. The maximum atomic E-state index is 12.1. The van der Waals surface area contributed by atoms with Gasteiger partial charge in [-0.15, -0.1) is 0 Å². The molecular formula is C15H20N2O2. The van der Waals surface area contributed by atoms with Gasteiger partial charge in [-0.3, -0.25) is 9.13 Å². The topological polar surface area (TPSA) is 36.2 Å². The lowest BCUT2D eigenvalue weighted by Crippen LogP contribution is -2.20. The second-order valence-corrected chi connectivity index (χ2v) is 5.51. The summed E-state index contributed by atoms with van der Waals surface area (Å²) in [6, 6.07) is 4.33. The van der Waals surface area contributed by atoms with Crippen LogP contribution >= 0.6 is 0 Å². The molecule has 4 heteroatoms. The summed E-state index contributed by atoms with van der Waals surface area (Å²) < 4.78 is 8.97. The minimum absolute atomic E-state index is 0.0499. The quantitative estimate of drug-likeness (QED) is 0.787. The second kappa shape index (κ2) is 4.53. The Morgan fingerprint density at radius 3 is 2.53 bits per heavy atom. The molecule has 2 aromatic rings. The highest BCUT2D eigenvalue weighted by Crippen LogP contribution is 2.32. The van der Waals surface area contributed by atoms with Crippen LogP contribution in [0.5, 0.6) is 0 Å². The Hall–Kier alpha value is -1.55. The summed E-state index contributed by atoms with van der Waals surface area (Å²) in [5, 5.41) is 0. The average molecular weight is 260 g/mol. The summed E-state index contributed by atoms with van der Waals surface area (Å²) >= 11 is 0. The monoisotopic (exact) mass is 260 g/mol. The van der Waals surface area contributed by atoms with Crippen LogP contribution in [0.4, 0.5) is 0 Å². The third-order valence-electron chi connectivity index (χ3n) is 4.20. The van der Waals surface area contributed by atoms with E-state index in [-0.39, 0.29) is 5.69 Å². The number of benzene rings is 1. The van der Waals surface area contributed by atoms with E-state index >= 15 is 0 Å². The molecule has 0 N–H and O–H groups in total. The van der Waals surface area contributed by atoms with Gasteiger partial charge in [0.05, 0.1) is 11.0 Å². The number of fused-ring (bicyclic) bond motifs is 1. The van der Waals surface area contributed by atoms with Gasteiger partial charge in [0, 0.05) is 27.3 Å². The molecule has 102 valence electrons. The van der Waals surface area contributed by atoms with Gasteiger partial charge in [0.15, 0.2) is 0 Å². The fourth-order valence-electron chi connectivity index (χ4n) is 3.15. The van der Waals surface area contributed by atoms with E-state index in [4.69, 9.17) is 4.74 Å². The van der Waals surface area contributed by atoms with E-state index < -0.39 is 0 Å². The predicted molar refractivity (Wildman–Crippen MR) is 75.7 cm³/mol. The third-order valence-corrected chi connectivity index (χ3v) is 4.20. The van der Waals surface area contributed by atoms with Crippen molar-refractivity contribution in [1.82, 2.24) is 9.13 Å². The van der Waals surface area contributed by atoms with Crippen molar-refractivity contribution in [2.45, 2.75) is 25.7 Å². The molecule has 1 aromatic carbocycles. The van der Waals surface area contributed by atoms with E-state index in [1.54, 1.807) is 9.13 Å². The molecule has 0 saturated carbocycles. The van der Waals surface area contributed by atoms with Gasteiger partial charge in [-0.25, -0.2) is 4.79 Å². The Balaban J connectivity index is 2.28. The molecule has 1 aromatic heterocycles. The Bertz CT molecular complexity index is 675. The van der Waals surface area contributed by atoms with Crippen LogP contribution in [0.1, 0.15) is 29.9 Å². The number of hydrogen-bond acceptors (Lipinski definition) is 2. The summed E-state index contributed by atoms with van der Waals surface area (Å²) in [5.74, 6) is 0.504. The fourth-order valence-corrected chi connectivity index (χ4v) is 3.15. The standard InChI is InChI=1S/C15H20N2O2/c1-10-8-12(11-4-6-19-7-5-11)14-13(9-10)16(2)15(18)17(14)3/h8-9,11H,4-7H2,1-3H3. The molecule has 19 heavy (non-hydrogen) atoms. The van der Waals surface area contributed by atoms with E-state index in [2.05, 4.69) is 19.1 Å². The highest BCUT2D eigenvalue weighted by molar-refractivity contribution is 5.81. The number of rotatable bonds is 1. The molecule has 3 rings (SSSR count). The Kier molecular flexibility index (Phi) is 2.97. The molecule has 0 radical (unpaired) electrons. The first-order valence-electron chi connectivity index (χ1n) is 6.83. The average Bonchev–Trinajstić information content (AvgIpc) is 2.64. The zero-order chi connectivity index (χ0) is 13.6. The molecule has 0 bridgehead atoms. The molecule has 1 fully saturated rings. The zero-order valence-electron chi connectivity index (χ0n) is 11.8. The molecule has 4 nitrogen and oxygen atoms in total. The molecule has 0 spiro atoms. The minimum atomic E-state index is 0.0499. The largest absolute Gasteiger partial charge is 0.381 e. The summed E-state index contributed by atoms with van der Waals surface area (Å²) in [4.78, 5) is 12.1. The van der Waals surface area contributed by atoms with Crippen LogP contribution in [-0.4, -0.2) is 22.3 Å². The first kappa shape index (κ1) is 12.5. The number of aryl methyl sites for hydroxylation is 3. The van der Waals surface area contributed by atoms with Crippen molar-refractivity contribution < 1.29 is 4.74 Å². The van der Waals surface area contributed by atoms with Gasteiger partial charge in [-0.05, 0) is 42.9 Å². The first-order valence-corrected chi connectivity index (χ1v) is 6.83. The minimum Gasteiger partial charge on any atom is -0.381 e. The van der Waals surface area contributed by atoms with E-state index in [1.165, 1.54) is 11.1 Å². The molecule has 1 saturated heterocycles. The lowest BCUT2D eigenvalue weighted by atomic mass is 9.89. The first-order chi connectivity index (χ1) is 9.09. The molecule has 0 unspecified atom stereocenters. The number of aromatic nitrogens is 2. The van der Waals surface area contributed by atoms with E-state index in [9.17, 15) is 4.79 Å². The van der Waals surface area contributed by atoms with Crippen molar-refractivity contribution in [2.24, 2.45) is 14.1 Å². The lowest BCUT2D eigenvalue weighted by Gasteiger charge is -2.23. The van der Waals surface area contributed by atoms with Gasteiger partial charge in [0.2, 0.25) is 0 Å². The Morgan fingerprint density at radius 2 is 1.84 bits per heavy atom. The normalized spacial score (nSPS) is 17.2. The summed E-state index contributed by atoms with van der Waals surface area (Å²) in [5.41, 5.74) is 4.70. The summed E-state index contributed by atoms with van der Waals surface area (Å²) in [6.07, 6.45) is 2.09. The highest BCUT2D eigenvalue weighted by Gasteiger charge is 2.21. The summed E-state index contributed by atoms with van der Waals surface area (Å²) in [7, 11) is 3.71. The van der Waals surface area contributed by atoms with Crippen LogP contribution in [0, 0.1) is 6.92 Å². The van der Waals surface area contributed by atoms with Crippen LogP contribution in [0.3, 0.4) is 0 Å². The Labute approximate surface area is 112 Å². The Morgan fingerprint density at radius 1 is 1.16 bits per heavy atom. The van der Waals surface area contributed by atoms with Crippen LogP contribution in [-0.2, 0) is 18.8 Å². The van der Waals surface area contributed by atoms with Crippen LogP contribution in [0.2, 0.25) is 0 Å². The van der Waals surface area contributed by atoms with Crippen molar-refractivity contribution in [3.05, 3.63) is 33.7 Å². The molecule has 1 aliphatic rings. The van der Waals surface area contributed by atoms with Crippen molar-refractivity contribution in [3.63, 3.8) is 0 Å². The van der Waals surface area contributed by atoms with Gasteiger partial charge in [-0.2, -0.15) is 0 Å². The van der Waals surface area contributed by atoms with Crippen LogP contribution in [0.25, 0.3) is 11.0 Å². The van der Waals surface area contributed by atoms with Crippen molar-refractivity contribution in [1.29, 1.82) is 0 Å². The van der Waals surface area contributed by atoms with Crippen LogP contribution in [0.15, 0.2) is 16.9 Å². The SMILES string of the molecule is Cc1cc(C2CCOCC2)c2c(c1)n(C)c(=O)n2C. The van der Waals surface area contributed by atoms with Gasteiger partial charge < -0.3 is 4.74 Å². The van der Waals surface area contributed by atoms with E-state index in [1.807, 2.05) is 14.1 Å². The van der Waals surface area contributed by atoms with Crippen molar-refractivity contribution in [2.75, 3.05) is 13.2 Å². The van der Waals surface area contributed by atoms with Gasteiger partial charge >= 0.3 is 5.69 Å². The van der Waals surface area contributed by atoms with Crippen molar-refractivity contribution in [3.8, 4) is 0 Å². The fraction of sp³-hybridized carbons (Fsp3) is 0.533. The molecule has 0 atom stereocenters. The second-order valence-electron chi connectivity index (χ2n) is 5.51. The highest BCUT2D eigenvalue weighted by atomic mass is 16.5. The zero-order valence-corrected chi connectivity index (χ0v) is 11.8. The molecule has 0 aliphatic carbocycles. The molecule has 0 amide bonds. The molecule has 1 aliphatic heterocycles. The molecule has 2 heterocycles. The number of imidazole rings is 1. The van der Waals surface area contributed by atoms with E-state index in [0.717, 1.165) is 37.1 Å². The smallest absolute Gasteiger partial charge is 0.328 e. The number of ether oxygens (including phenoxy) is 1. The third kappa shape index (κ3) is 1.91. The summed E-state index contributed by atoms with van der Waals surface area (Å²) in [6.45, 7) is 3.74. The predicted octanol–water partition coefficient (Wildman–Crippen LogP) is 2.08. The maximum Gasteiger partial charge on any atom is 0.328 e. The van der Waals surface area contributed by atoms with Crippen molar-refractivity contribution >= 4 is 11.0 Å². The van der Waals surface area contributed by atoms with Gasteiger partial charge in [-0.1, -0.05) is 6.07 Å². The molecular weight excluding hydrogens is 240 g/mol. The van der Waals surface area contributed by atoms with Crippen LogP contribution < -0.4 is 5.69 Å². The number of nitrogens with zero attached hydrogens (tertiary/aromatic N) is 2. The maximum absolute atomic E-state index is 12.1. The number of hydrogen-bond donors (Lipinski definition) is 0.